The normalized spacial score (nSPS) is 9.95. The Hall–Kier alpha value is -2.43. The van der Waals surface area contributed by atoms with Gasteiger partial charge in [-0.05, 0) is 24.6 Å². The lowest BCUT2D eigenvalue weighted by Gasteiger charge is -2.09. The summed E-state index contributed by atoms with van der Waals surface area (Å²) in [6.07, 6.45) is 5.33. The van der Waals surface area contributed by atoms with Crippen LogP contribution in [0.5, 0.6) is 0 Å². The molecule has 0 radical (unpaired) electrons. The van der Waals surface area contributed by atoms with E-state index >= 15 is 0 Å². The zero-order valence-corrected chi connectivity index (χ0v) is 10.9. The van der Waals surface area contributed by atoms with E-state index in [0.717, 1.165) is 17.1 Å². The second-order valence-corrected chi connectivity index (χ2v) is 4.10. The van der Waals surface area contributed by atoms with Gasteiger partial charge in [0.15, 0.2) is 0 Å². The molecule has 98 valence electrons. The minimum Gasteiger partial charge on any atom is -0.366 e. The van der Waals surface area contributed by atoms with Crippen LogP contribution in [-0.2, 0) is 6.54 Å². The second-order valence-electron chi connectivity index (χ2n) is 4.10. The van der Waals surface area contributed by atoms with E-state index in [9.17, 15) is 0 Å². The van der Waals surface area contributed by atoms with Crippen molar-refractivity contribution in [2.75, 3.05) is 17.2 Å². The maximum atomic E-state index is 4.39. The molecule has 0 aromatic carbocycles. The van der Waals surface area contributed by atoms with Gasteiger partial charge in [0.25, 0.3) is 0 Å². The predicted molar refractivity (Wildman–Crippen MR) is 77.0 cm³/mol. The largest absolute Gasteiger partial charge is 0.366 e. The summed E-state index contributed by atoms with van der Waals surface area (Å²) in [6, 6.07) is 5.86. The van der Waals surface area contributed by atoms with Crippen molar-refractivity contribution in [1.29, 1.82) is 0 Å². The van der Waals surface area contributed by atoms with Crippen LogP contribution in [0, 0.1) is 6.92 Å². The third kappa shape index (κ3) is 4.06. The van der Waals surface area contributed by atoms with Gasteiger partial charge in [-0.3, -0.25) is 4.98 Å². The van der Waals surface area contributed by atoms with E-state index < -0.39 is 0 Å². The fourth-order valence-corrected chi connectivity index (χ4v) is 1.59. The molecule has 0 aliphatic rings. The molecule has 0 atom stereocenters. The lowest BCUT2D eigenvalue weighted by molar-refractivity contribution is 1.04. The minimum atomic E-state index is 0.608. The Morgan fingerprint density at radius 3 is 2.74 bits per heavy atom. The van der Waals surface area contributed by atoms with Crippen molar-refractivity contribution < 1.29 is 0 Å². The molecule has 2 N–H and O–H groups in total. The quantitative estimate of drug-likeness (QED) is 0.776. The first kappa shape index (κ1) is 13.0. The van der Waals surface area contributed by atoms with Crippen molar-refractivity contribution in [2.24, 2.45) is 0 Å². The van der Waals surface area contributed by atoms with Crippen LogP contribution in [0.25, 0.3) is 0 Å². The van der Waals surface area contributed by atoms with E-state index in [2.05, 4.69) is 32.2 Å². The minimum absolute atomic E-state index is 0.608. The molecule has 0 bridgehead atoms. The summed E-state index contributed by atoms with van der Waals surface area (Å²) in [5.74, 6) is 1.41. The van der Waals surface area contributed by atoms with Crippen LogP contribution in [0.2, 0.25) is 0 Å². The molecule has 5 heteroatoms. The molecule has 0 spiro atoms. The van der Waals surface area contributed by atoms with Crippen LogP contribution >= 0.6 is 0 Å². The van der Waals surface area contributed by atoms with Gasteiger partial charge in [-0.15, -0.1) is 6.58 Å². The Bertz CT molecular complexity index is 539. The smallest absolute Gasteiger partial charge is 0.225 e. The molecule has 0 aliphatic carbocycles. The highest BCUT2D eigenvalue weighted by Crippen LogP contribution is 2.10. The van der Waals surface area contributed by atoms with Gasteiger partial charge >= 0.3 is 0 Å². The van der Waals surface area contributed by atoms with Gasteiger partial charge in [0.05, 0.1) is 0 Å². The van der Waals surface area contributed by atoms with E-state index in [4.69, 9.17) is 0 Å². The van der Waals surface area contributed by atoms with Gasteiger partial charge in [0.2, 0.25) is 5.95 Å². The summed E-state index contributed by atoms with van der Waals surface area (Å²) in [4.78, 5) is 12.7. The highest BCUT2D eigenvalue weighted by Gasteiger charge is 2.01. The molecular weight excluding hydrogens is 238 g/mol. The molecule has 0 amide bonds. The number of rotatable bonds is 6. The molecule has 0 unspecified atom stereocenters. The lowest BCUT2D eigenvalue weighted by atomic mass is 10.3. The van der Waals surface area contributed by atoms with Crippen LogP contribution in [-0.4, -0.2) is 21.5 Å². The fraction of sp³-hybridized carbons (Fsp3) is 0.214. The van der Waals surface area contributed by atoms with Gasteiger partial charge in [0, 0.05) is 37.2 Å². The zero-order chi connectivity index (χ0) is 13.5. The molecule has 2 aromatic rings. The van der Waals surface area contributed by atoms with E-state index in [1.807, 2.05) is 25.1 Å². The summed E-state index contributed by atoms with van der Waals surface area (Å²) in [5, 5.41) is 6.36. The second kappa shape index (κ2) is 6.49. The molecule has 0 saturated carbocycles. The number of pyridine rings is 1. The maximum absolute atomic E-state index is 4.39. The van der Waals surface area contributed by atoms with Gasteiger partial charge in [-0.1, -0.05) is 6.08 Å². The molecule has 0 aliphatic heterocycles. The number of nitrogens with zero attached hydrogens (tertiary/aromatic N) is 3. The Morgan fingerprint density at radius 2 is 2.00 bits per heavy atom. The van der Waals surface area contributed by atoms with Gasteiger partial charge in [0.1, 0.15) is 5.82 Å². The van der Waals surface area contributed by atoms with Crippen LogP contribution in [0.15, 0.2) is 43.2 Å². The monoisotopic (exact) mass is 255 g/mol. The lowest BCUT2D eigenvalue weighted by Crippen LogP contribution is -2.07. The van der Waals surface area contributed by atoms with Gasteiger partial charge in [-0.25, -0.2) is 4.98 Å². The third-order valence-electron chi connectivity index (χ3n) is 2.48. The van der Waals surface area contributed by atoms with Crippen LogP contribution in [0.3, 0.4) is 0 Å². The zero-order valence-electron chi connectivity index (χ0n) is 10.9. The highest BCUT2D eigenvalue weighted by molar-refractivity contribution is 5.42. The standard InChI is InChI=1S/C14H17N5/c1-3-6-16-14-18-11(2)9-13(19-14)17-10-12-4-7-15-8-5-12/h3-5,7-9H,1,6,10H2,2H3,(H2,16,17,18,19). The fourth-order valence-electron chi connectivity index (χ4n) is 1.59. The van der Waals surface area contributed by atoms with E-state index in [-0.39, 0.29) is 0 Å². The molecule has 2 rings (SSSR count). The van der Waals surface area contributed by atoms with Crippen molar-refractivity contribution in [1.82, 2.24) is 15.0 Å². The van der Waals surface area contributed by atoms with Crippen molar-refractivity contribution in [2.45, 2.75) is 13.5 Å². The third-order valence-corrected chi connectivity index (χ3v) is 2.48. The van der Waals surface area contributed by atoms with Crippen molar-refractivity contribution in [3.8, 4) is 0 Å². The number of nitrogens with one attached hydrogen (secondary N) is 2. The number of anilines is 2. The first-order valence-electron chi connectivity index (χ1n) is 6.11. The Kier molecular flexibility index (Phi) is 4.44. The van der Waals surface area contributed by atoms with Crippen LogP contribution in [0.4, 0.5) is 11.8 Å². The summed E-state index contributed by atoms with van der Waals surface area (Å²) < 4.78 is 0. The molecule has 19 heavy (non-hydrogen) atoms. The van der Waals surface area contributed by atoms with Crippen LogP contribution in [0.1, 0.15) is 11.3 Å². The summed E-state index contributed by atoms with van der Waals surface area (Å²) in [5.41, 5.74) is 2.07. The van der Waals surface area contributed by atoms with E-state index in [0.29, 0.717) is 19.0 Å². The predicted octanol–water partition coefficient (Wildman–Crippen LogP) is 2.39. The molecule has 2 aromatic heterocycles. The Balaban J connectivity index is 2.03. The van der Waals surface area contributed by atoms with Gasteiger partial charge in [-0.2, -0.15) is 4.98 Å². The first-order chi connectivity index (χ1) is 9.28. The number of hydrogen-bond acceptors (Lipinski definition) is 5. The van der Waals surface area contributed by atoms with Crippen LogP contribution < -0.4 is 10.6 Å². The summed E-state index contributed by atoms with van der Waals surface area (Å²) >= 11 is 0. The average molecular weight is 255 g/mol. The van der Waals surface area contributed by atoms with E-state index in [1.54, 1.807) is 18.5 Å². The summed E-state index contributed by atoms with van der Waals surface area (Å²) in [7, 11) is 0. The van der Waals surface area contributed by atoms with Crippen molar-refractivity contribution in [3.05, 3.63) is 54.5 Å². The molecular formula is C14H17N5. The first-order valence-corrected chi connectivity index (χ1v) is 6.11. The Morgan fingerprint density at radius 1 is 1.21 bits per heavy atom. The number of aromatic nitrogens is 3. The Labute approximate surface area is 112 Å². The van der Waals surface area contributed by atoms with Crippen molar-refractivity contribution in [3.63, 3.8) is 0 Å². The SMILES string of the molecule is C=CCNc1nc(C)cc(NCc2ccncc2)n1. The molecule has 5 nitrogen and oxygen atoms in total. The van der Waals surface area contributed by atoms with Crippen molar-refractivity contribution >= 4 is 11.8 Å². The molecule has 2 heterocycles. The summed E-state index contributed by atoms with van der Waals surface area (Å²) in [6.45, 7) is 6.95. The average Bonchev–Trinajstić information content (AvgIpc) is 2.43. The maximum Gasteiger partial charge on any atom is 0.225 e. The highest BCUT2D eigenvalue weighted by atomic mass is 15.1. The molecule has 0 saturated heterocycles. The topological polar surface area (TPSA) is 62.7 Å². The number of hydrogen-bond donors (Lipinski definition) is 2. The van der Waals surface area contributed by atoms with Gasteiger partial charge < -0.3 is 10.6 Å². The number of aryl methyl sites for hydroxylation is 1. The van der Waals surface area contributed by atoms with E-state index in [1.165, 1.54) is 0 Å². The molecule has 0 fully saturated rings.